The van der Waals surface area contributed by atoms with Crippen molar-refractivity contribution in [3.8, 4) is 0 Å². The number of rotatable bonds is 3. The van der Waals surface area contributed by atoms with Gasteiger partial charge in [-0.25, -0.2) is 0 Å². The van der Waals surface area contributed by atoms with Gasteiger partial charge in [-0.05, 0) is 24.5 Å². The lowest BCUT2D eigenvalue weighted by molar-refractivity contribution is 0.569. The Morgan fingerprint density at radius 1 is 1.69 bits per heavy atom. The smallest absolute Gasteiger partial charge is 0.141 e. The summed E-state index contributed by atoms with van der Waals surface area (Å²) in [5, 5.41) is 7.38. The normalized spacial score (nSPS) is 20.1. The van der Waals surface area contributed by atoms with Gasteiger partial charge in [0.1, 0.15) is 11.5 Å². The summed E-state index contributed by atoms with van der Waals surface area (Å²) in [6.07, 6.45) is 4.22. The van der Waals surface area contributed by atoms with Gasteiger partial charge in [0.25, 0.3) is 0 Å². The monoisotopic (exact) mass is 218 g/mol. The number of nitrogen functional groups attached to an aromatic ring is 1. The van der Waals surface area contributed by atoms with Crippen LogP contribution >= 0.6 is 0 Å². The van der Waals surface area contributed by atoms with Crippen LogP contribution in [0.5, 0.6) is 0 Å². The average Bonchev–Trinajstić information content (AvgIpc) is 2.77. The maximum atomic E-state index is 7.38. The summed E-state index contributed by atoms with van der Waals surface area (Å²) in [6.45, 7) is 4.44. The van der Waals surface area contributed by atoms with Crippen LogP contribution in [0.25, 0.3) is 0 Å². The predicted molar refractivity (Wildman–Crippen MR) is 65.9 cm³/mol. The summed E-state index contributed by atoms with van der Waals surface area (Å²) in [5.74, 6) is 0.835. The van der Waals surface area contributed by atoms with Crippen LogP contribution in [0, 0.1) is 11.3 Å². The van der Waals surface area contributed by atoms with E-state index in [0.717, 1.165) is 24.7 Å². The fraction of sp³-hybridized carbons (Fsp3) is 0.500. The highest BCUT2D eigenvalue weighted by atomic mass is 15.2. The van der Waals surface area contributed by atoms with E-state index in [1.54, 1.807) is 6.20 Å². The summed E-state index contributed by atoms with van der Waals surface area (Å²) in [4.78, 5) is 6.42. The lowest BCUT2D eigenvalue weighted by atomic mass is 10.1. The molecule has 16 heavy (non-hydrogen) atoms. The van der Waals surface area contributed by atoms with Crippen molar-refractivity contribution in [1.29, 1.82) is 5.41 Å². The van der Waals surface area contributed by atoms with Crippen molar-refractivity contribution in [2.75, 3.05) is 18.0 Å². The van der Waals surface area contributed by atoms with E-state index in [1.807, 2.05) is 12.1 Å². The maximum absolute atomic E-state index is 7.38. The standard InChI is InChI=1S/C12H18N4/c1-2-9-4-6-16(8-9)10-3-5-15-11(7-10)12(13)14/h3,5,7,9H,2,4,6,8H2,1H3,(H3,13,14). The zero-order chi connectivity index (χ0) is 11.5. The molecular weight excluding hydrogens is 200 g/mol. The molecule has 4 nitrogen and oxygen atoms in total. The Morgan fingerprint density at radius 3 is 3.12 bits per heavy atom. The first kappa shape index (κ1) is 10.9. The van der Waals surface area contributed by atoms with Gasteiger partial charge < -0.3 is 10.6 Å². The molecule has 0 spiro atoms. The minimum absolute atomic E-state index is 0.0353. The van der Waals surface area contributed by atoms with E-state index < -0.39 is 0 Å². The molecule has 86 valence electrons. The van der Waals surface area contributed by atoms with Crippen LogP contribution in [0.15, 0.2) is 18.3 Å². The molecule has 0 aromatic carbocycles. The van der Waals surface area contributed by atoms with Crippen molar-refractivity contribution in [2.45, 2.75) is 19.8 Å². The molecule has 1 aliphatic heterocycles. The number of hydrogen-bond donors (Lipinski definition) is 2. The molecule has 1 aliphatic rings. The molecule has 0 saturated carbocycles. The summed E-state index contributed by atoms with van der Waals surface area (Å²) in [6, 6.07) is 3.89. The van der Waals surface area contributed by atoms with Crippen LogP contribution in [-0.2, 0) is 0 Å². The fourth-order valence-corrected chi connectivity index (χ4v) is 2.16. The van der Waals surface area contributed by atoms with Crippen molar-refractivity contribution in [2.24, 2.45) is 11.7 Å². The summed E-state index contributed by atoms with van der Waals surface area (Å²) < 4.78 is 0. The number of nitrogens with one attached hydrogen (secondary N) is 1. The minimum Gasteiger partial charge on any atom is -0.382 e. The molecule has 0 amide bonds. The Balaban J connectivity index is 2.15. The highest BCUT2D eigenvalue weighted by Gasteiger charge is 2.21. The molecule has 1 fully saturated rings. The third kappa shape index (κ3) is 2.15. The van der Waals surface area contributed by atoms with Gasteiger partial charge in [-0.3, -0.25) is 10.4 Å². The zero-order valence-corrected chi connectivity index (χ0v) is 9.61. The van der Waals surface area contributed by atoms with Crippen molar-refractivity contribution < 1.29 is 0 Å². The lowest BCUT2D eigenvalue weighted by Crippen LogP contribution is -2.21. The molecule has 1 unspecified atom stereocenters. The van der Waals surface area contributed by atoms with Crippen LogP contribution in [0.4, 0.5) is 5.69 Å². The van der Waals surface area contributed by atoms with Gasteiger partial charge in [-0.15, -0.1) is 0 Å². The van der Waals surface area contributed by atoms with Crippen molar-refractivity contribution in [3.63, 3.8) is 0 Å². The quantitative estimate of drug-likeness (QED) is 0.598. The Labute approximate surface area is 96.0 Å². The van der Waals surface area contributed by atoms with Crippen molar-refractivity contribution >= 4 is 11.5 Å². The van der Waals surface area contributed by atoms with Gasteiger partial charge in [0.2, 0.25) is 0 Å². The van der Waals surface area contributed by atoms with Crippen LogP contribution in [-0.4, -0.2) is 23.9 Å². The van der Waals surface area contributed by atoms with Crippen LogP contribution in [0.3, 0.4) is 0 Å². The molecule has 1 saturated heterocycles. The Hall–Kier alpha value is -1.58. The minimum atomic E-state index is 0.0353. The van der Waals surface area contributed by atoms with E-state index in [4.69, 9.17) is 11.1 Å². The predicted octanol–water partition coefficient (Wildman–Crippen LogP) is 1.60. The summed E-state index contributed by atoms with van der Waals surface area (Å²) in [5.41, 5.74) is 7.14. The van der Waals surface area contributed by atoms with Gasteiger partial charge in [-0.1, -0.05) is 13.3 Å². The largest absolute Gasteiger partial charge is 0.382 e. The topological polar surface area (TPSA) is 66.0 Å². The van der Waals surface area contributed by atoms with Gasteiger partial charge in [0, 0.05) is 25.0 Å². The number of nitrogens with two attached hydrogens (primary N) is 1. The first-order valence-electron chi connectivity index (χ1n) is 5.76. The highest BCUT2D eigenvalue weighted by Crippen LogP contribution is 2.25. The van der Waals surface area contributed by atoms with Crippen molar-refractivity contribution in [3.05, 3.63) is 24.0 Å². The molecule has 2 rings (SSSR count). The van der Waals surface area contributed by atoms with E-state index in [1.165, 1.54) is 12.8 Å². The second kappa shape index (κ2) is 4.51. The average molecular weight is 218 g/mol. The third-order valence-corrected chi connectivity index (χ3v) is 3.25. The first-order chi connectivity index (χ1) is 7.70. The van der Waals surface area contributed by atoms with Gasteiger partial charge in [-0.2, -0.15) is 0 Å². The molecule has 1 atom stereocenters. The molecule has 0 bridgehead atoms. The summed E-state index contributed by atoms with van der Waals surface area (Å²) >= 11 is 0. The van der Waals surface area contributed by atoms with E-state index in [-0.39, 0.29) is 5.84 Å². The number of pyridine rings is 1. The lowest BCUT2D eigenvalue weighted by Gasteiger charge is -2.18. The van der Waals surface area contributed by atoms with Crippen LogP contribution in [0.1, 0.15) is 25.5 Å². The van der Waals surface area contributed by atoms with E-state index in [0.29, 0.717) is 5.69 Å². The second-order valence-corrected chi connectivity index (χ2v) is 4.32. The van der Waals surface area contributed by atoms with E-state index in [9.17, 15) is 0 Å². The molecule has 2 heterocycles. The van der Waals surface area contributed by atoms with Gasteiger partial charge in [0.15, 0.2) is 0 Å². The fourth-order valence-electron chi connectivity index (χ4n) is 2.16. The van der Waals surface area contributed by atoms with E-state index >= 15 is 0 Å². The van der Waals surface area contributed by atoms with Gasteiger partial charge in [0.05, 0.1) is 0 Å². The number of nitrogens with zero attached hydrogens (tertiary/aromatic N) is 2. The number of aromatic nitrogens is 1. The van der Waals surface area contributed by atoms with Crippen LogP contribution in [0.2, 0.25) is 0 Å². The zero-order valence-electron chi connectivity index (χ0n) is 9.61. The first-order valence-corrected chi connectivity index (χ1v) is 5.76. The molecule has 4 heteroatoms. The molecule has 1 aromatic rings. The molecule has 0 radical (unpaired) electrons. The Morgan fingerprint density at radius 2 is 2.50 bits per heavy atom. The SMILES string of the molecule is CCC1CCN(c2ccnc(C(=N)N)c2)C1. The maximum Gasteiger partial charge on any atom is 0.141 e. The number of amidine groups is 1. The Bertz CT molecular complexity index is 388. The van der Waals surface area contributed by atoms with Crippen molar-refractivity contribution in [1.82, 2.24) is 4.98 Å². The van der Waals surface area contributed by atoms with Crippen LogP contribution < -0.4 is 10.6 Å². The Kier molecular flexibility index (Phi) is 3.08. The van der Waals surface area contributed by atoms with E-state index in [2.05, 4.69) is 16.8 Å². The third-order valence-electron chi connectivity index (χ3n) is 3.25. The van der Waals surface area contributed by atoms with Gasteiger partial charge >= 0.3 is 0 Å². The second-order valence-electron chi connectivity index (χ2n) is 4.32. The number of hydrogen-bond acceptors (Lipinski definition) is 3. The highest BCUT2D eigenvalue weighted by molar-refractivity contribution is 5.93. The number of anilines is 1. The molecule has 0 aliphatic carbocycles. The molecular formula is C12H18N4. The molecule has 3 N–H and O–H groups in total. The summed E-state index contributed by atoms with van der Waals surface area (Å²) in [7, 11) is 0. The molecule has 1 aromatic heterocycles.